The van der Waals surface area contributed by atoms with Crippen LogP contribution >= 0.6 is 0 Å². The van der Waals surface area contributed by atoms with Crippen LogP contribution in [0.2, 0.25) is 0 Å². The monoisotopic (exact) mass is 303 g/mol. The van der Waals surface area contributed by atoms with Crippen LogP contribution in [0, 0.1) is 0 Å². The van der Waals surface area contributed by atoms with Gasteiger partial charge in [0.25, 0.3) is 0 Å². The summed E-state index contributed by atoms with van der Waals surface area (Å²) in [5.41, 5.74) is -0.942. The van der Waals surface area contributed by atoms with Crippen LogP contribution in [0.25, 0.3) is 0 Å². The molecular weight excluding hydrogens is 283 g/mol. The second-order valence-corrected chi connectivity index (χ2v) is 5.02. The first-order valence-corrected chi connectivity index (χ1v) is 7.06. The highest BCUT2D eigenvalue weighted by Crippen LogP contribution is 2.29. The van der Waals surface area contributed by atoms with E-state index in [2.05, 4.69) is 32.4 Å². The van der Waals surface area contributed by atoms with Gasteiger partial charge in [-0.3, -0.25) is 4.90 Å². The van der Waals surface area contributed by atoms with Crippen molar-refractivity contribution in [3.63, 3.8) is 0 Å². The third-order valence-electron chi connectivity index (χ3n) is 3.66. The lowest BCUT2D eigenvalue weighted by atomic mass is 10.2. The SMILES string of the molecule is CCN1CCCC1CNc1cc(C(F)(F)F)nc(NC)n1. The third-order valence-corrected chi connectivity index (χ3v) is 3.66. The summed E-state index contributed by atoms with van der Waals surface area (Å²) in [5, 5.41) is 5.56. The minimum atomic E-state index is -4.48. The Balaban J connectivity index is 2.09. The fourth-order valence-corrected chi connectivity index (χ4v) is 2.56. The summed E-state index contributed by atoms with van der Waals surface area (Å²) >= 11 is 0. The number of aromatic nitrogens is 2. The lowest BCUT2D eigenvalue weighted by molar-refractivity contribution is -0.141. The summed E-state index contributed by atoms with van der Waals surface area (Å²) in [5.74, 6) is 0.163. The van der Waals surface area contributed by atoms with Gasteiger partial charge in [-0.2, -0.15) is 18.2 Å². The molecule has 1 aliphatic rings. The smallest absolute Gasteiger partial charge is 0.368 e. The highest BCUT2D eigenvalue weighted by atomic mass is 19.4. The zero-order valence-electron chi connectivity index (χ0n) is 12.2. The molecule has 0 radical (unpaired) electrons. The first-order chi connectivity index (χ1) is 9.94. The van der Waals surface area contributed by atoms with Gasteiger partial charge in [-0.15, -0.1) is 0 Å². The van der Waals surface area contributed by atoms with E-state index < -0.39 is 11.9 Å². The van der Waals surface area contributed by atoms with Gasteiger partial charge < -0.3 is 10.6 Å². The number of alkyl halides is 3. The van der Waals surface area contributed by atoms with Crippen LogP contribution in [0.15, 0.2) is 6.07 Å². The first kappa shape index (κ1) is 15.8. The molecule has 1 atom stereocenters. The van der Waals surface area contributed by atoms with Crippen molar-refractivity contribution in [3.05, 3.63) is 11.8 Å². The Hall–Kier alpha value is -1.57. The maximum absolute atomic E-state index is 12.8. The van der Waals surface area contributed by atoms with Gasteiger partial charge in [0.1, 0.15) is 5.82 Å². The minimum absolute atomic E-state index is 0.0360. The summed E-state index contributed by atoms with van der Waals surface area (Å²) in [6.45, 7) is 4.67. The Morgan fingerprint density at radius 2 is 2.14 bits per heavy atom. The molecule has 0 spiro atoms. The summed E-state index contributed by atoms with van der Waals surface area (Å²) in [6.07, 6.45) is -2.30. The predicted molar refractivity (Wildman–Crippen MR) is 75.3 cm³/mol. The molecule has 2 heterocycles. The van der Waals surface area contributed by atoms with E-state index in [0.29, 0.717) is 12.6 Å². The van der Waals surface area contributed by atoms with Crippen molar-refractivity contribution >= 4 is 11.8 Å². The number of hydrogen-bond acceptors (Lipinski definition) is 5. The molecule has 1 unspecified atom stereocenters. The topological polar surface area (TPSA) is 53.1 Å². The molecule has 1 aliphatic heterocycles. The van der Waals surface area contributed by atoms with Crippen molar-refractivity contribution in [1.82, 2.24) is 14.9 Å². The van der Waals surface area contributed by atoms with Crippen molar-refractivity contribution in [2.24, 2.45) is 0 Å². The molecule has 8 heteroatoms. The summed E-state index contributed by atoms with van der Waals surface area (Å²) < 4.78 is 38.4. The second-order valence-electron chi connectivity index (χ2n) is 5.02. The van der Waals surface area contributed by atoms with Crippen molar-refractivity contribution in [3.8, 4) is 0 Å². The Morgan fingerprint density at radius 1 is 1.38 bits per heavy atom. The molecular formula is C13H20F3N5. The molecule has 0 saturated carbocycles. The predicted octanol–water partition coefficient (Wildman–Crippen LogP) is 2.43. The van der Waals surface area contributed by atoms with Crippen LogP contribution in [-0.2, 0) is 6.18 Å². The summed E-state index contributed by atoms with van der Waals surface area (Å²) in [7, 11) is 1.50. The van der Waals surface area contributed by atoms with Gasteiger partial charge in [-0.05, 0) is 25.9 Å². The number of anilines is 2. The molecule has 21 heavy (non-hydrogen) atoms. The number of nitrogens with one attached hydrogen (secondary N) is 2. The Kier molecular flexibility index (Phi) is 4.87. The van der Waals surface area contributed by atoms with E-state index in [4.69, 9.17) is 0 Å². The molecule has 5 nitrogen and oxygen atoms in total. The molecule has 1 fully saturated rings. The van der Waals surface area contributed by atoms with Gasteiger partial charge in [-0.1, -0.05) is 6.92 Å². The van der Waals surface area contributed by atoms with E-state index in [9.17, 15) is 13.2 Å². The van der Waals surface area contributed by atoms with E-state index in [0.717, 1.165) is 32.0 Å². The van der Waals surface area contributed by atoms with E-state index in [1.165, 1.54) is 7.05 Å². The quantitative estimate of drug-likeness (QED) is 0.875. The highest BCUT2D eigenvalue weighted by Gasteiger charge is 2.33. The minimum Gasteiger partial charge on any atom is -0.368 e. The molecule has 1 aromatic rings. The standard InChI is InChI=1S/C13H20F3N5/c1-3-21-6-4-5-9(21)8-18-11-7-10(13(14,15)16)19-12(17-2)20-11/h7,9H,3-6,8H2,1-2H3,(H2,17,18,19,20). The second kappa shape index (κ2) is 6.46. The Morgan fingerprint density at radius 3 is 2.76 bits per heavy atom. The van der Waals surface area contributed by atoms with E-state index >= 15 is 0 Å². The Bertz CT molecular complexity index is 477. The van der Waals surface area contributed by atoms with Crippen LogP contribution in [0.1, 0.15) is 25.5 Å². The van der Waals surface area contributed by atoms with Crippen LogP contribution in [0.5, 0.6) is 0 Å². The van der Waals surface area contributed by atoms with Crippen molar-refractivity contribution in [1.29, 1.82) is 0 Å². The van der Waals surface area contributed by atoms with Gasteiger partial charge in [0.05, 0.1) is 0 Å². The van der Waals surface area contributed by atoms with E-state index in [1.807, 2.05) is 0 Å². The average Bonchev–Trinajstić information content (AvgIpc) is 2.91. The van der Waals surface area contributed by atoms with Crippen molar-refractivity contribution in [2.75, 3.05) is 37.3 Å². The van der Waals surface area contributed by atoms with Crippen molar-refractivity contribution < 1.29 is 13.2 Å². The molecule has 1 aromatic heterocycles. The number of rotatable bonds is 5. The number of likely N-dealkylation sites (N-methyl/N-ethyl adjacent to an activating group) is 1. The van der Waals surface area contributed by atoms with Crippen LogP contribution in [-0.4, -0.2) is 47.6 Å². The maximum Gasteiger partial charge on any atom is 0.433 e. The lowest BCUT2D eigenvalue weighted by Gasteiger charge is -2.23. The number of likely N-dealkylation sites (tertiary alicyclic amines) is 1. The zero-order chi connectivity index (χ0) is 15.5. The molecule has 0 aromatic carbocycles. The highest BCUT2D eigenvalue weighted by molar-refractivity contribution is 5.43. The van der Waals surface area contributed by atoms with Crippen LogP contribution in [0.4, 0.5) is 24.9 Å². The lowest BCUT2D eigenvalue weighted by Crippen LogP contribution is -2.34. The van der Waals surface area contributed by atoms with E-state index in [-0.39, 0.29) is 11.8 Å². The molecule has 2 N–H and O–H groups in total. The molecule has 2 rings (SSSR count). The fraction of sp³-hybridized carbons (Fsp3) is 0.692. The molecule has 118 valence electrons. The van der Waals surface area contributed by atoms with Gasteiger partial charge in [-0.25, -0.2) is 4.98 Å². The van der Waals surface area contributed by atoms with Gasteiger partial charge in [0, 0.05) is 25.7 Å². The molecule has 0 aliphatic carbocycles. The van der Waals surface area contributed by atoms with Crippen molar-refractivity contribution in [2.45, 2.75) is 32.0 Å². The Labute approximate surface area is 122 Å². The number of nitrogens with zero attached hydrogens (tertiary/aromatic N) is 3. The molecule has 0 amide bonds. The van der Waals surface area contributed by atoms with Gasteiger partial charge in [0.2, 0.25) is 5.95 Å². The van der Waals surface area contributed by atoms with Crippen LogP contribution in [0.3, 0.4) is 0 Å². The molecule has 1 saturated heterocycles. The van der Waals surface area contributed by atoms with Gasteiger partial charge in [0.15, 0.2) is 5.69 Å². The zero-order valence-corrected chi connectivity index (χ0v) is 12.2. The summed E-state index contributed by atoms with van der Waals surface area (Å²) in [4.78, 5) is 9.78. The number of hydrogen-bond donors (Lipinski definition) is 2. The average molecular weight is 303 g/mol. The fourth-order valence-electron chi connectivity index (χ4n) is 2.56. The number of halogens is 3. The largest absolute Gasteiger partial charge is 0.433 e. The normalized spacial score (nSPS) is 19.8. The van der Waals surface area contributed by atoms with Crippen LogP contribution < -0.4 is 10.6 Å². The summed E-state index contributed by atoms with van der Waals surface area (Å²) in [6, 6.07) is 1.30. The van der Waals surface area contributed by atoms with Gasteiger partial charge >= 0.3 is 6.18 Å². The maximum atomic E-state index is 12.8. The molecule has 0 bridgehead atoms. The first-order valence-electron chi connectivity index (χ1n) is 7.06. The third kappa shape index (κ3) is 3.96. The van der Waals surface area contributed by atoms with E-state index in [1.54, 1.807) is 0 Å².